The summed E-state index contributed by atoms with van der Waals surface area (Å²) >= 11 is 0. The van der Waals surface area contributed by atoms with Crippen molar-refractivity contribution >= 4 is 17.1 Å². The number of hydrogen-bond donors (Lipinski definition) is 3. The number of H-pyrrole nitrogens is 1. The summed E-state index contributed by atoms with van der Waals surface area (Å²) in [6.07, 6.45) is 3.01. The Morgan fingerprint density at radius 3 is 2.84 bits per heavy atom. The van der Waals surface area contributed by atoms with Crippen LogP contribution in [0.25, 0.3) is 11.2 Å². The molecule has 2 heterocycles. The van der Waals surface area contributed by atoms with Crippen LogP contribution in [0.15, 0.2) is 4.79 Å². The second-order valence-corrected chi connectivity index (χ2v) is 4.26. The fourth-order valence-corrected chi connectivity index (χ4v) is 1.97. The van der Waals surface area contributed by atoms with E-state index in [1.165, 1.54) is 0 Å². The number of nitrogens with zero attached hydrogens (tertiary/aromatic N) is 3. The highest BCUT2D eigenvalue weighted by molar-refractivity contribution is 5.71. The molecule has 0 saturated carbocycles. The summed E-state index contributed by atoms with van der Waals surface area (Å²) in [6, 6.07) is 0. The molecule has 2 rings (SSSR count). The van der Waals surface area contributed by atoms with Crippen LogP contribution in [-0.4, -0.2) is 19.5 Å². The average molecular weight is 268 g/mol. The molecular formula is C11H17FN6O. The molecule has 2 aromatic rings. The number of fused-ring (bicyclic) bond motifs is 1. The Balaban J connectivity index is 2.53. The van der Waals surface area contributed by atoms with E-state index < -0.39 is 12.2 Å². The molecule has 2 aromatic heterocycles. The van der Waals surface area contributed by atoms with Crippen molar-refractivity contribution in [1.29, 1.82) is 0 Å². The minimum absolute atomic E-state index is 0.118. The van der Waals surface area contributed by atoms with Gasteiger partial charge >= 0.3 is 5.56 Å². The number of nitrogens with one attached hydrogen (secondary N) is 2. The first-order valence-electron chi connectivity index (χ1n) is 6.23. The standard InChI is InChI=1S/C11H17FN6O/c1-2-3-4-5-18-9-8(14-7(6-12)15-9)10(19)16-11(18)17-13/h2-6,13H2,1H3,(H,14,15)(H,16,17,19). The lowest BCUT2D eigenvalue weighted by Gasteiger charge is -2.11. The quantitative estimate of drug-likeness (QED) is 0.413. The Kier molecular flexibility index (Phi) is 4.10. The molecule has 4 N–H and O–H groups in total. The number of hydrazine groups is 1. The molecule has 0 spiro atoms. The van der Waals surface area contributed by atoms with Gasteiger partial charge in [-0.3, -0.25) is 14.8 Å². The van der Waals surface area contributed by atoms with E-state index in [4.69, 9.17) is 5.84 Å². The normalized spacial score (nSPS) is 11.1. The van der Waals surface area contributed by atoms with E-state index in [9.17, 15) is 9.18 Å². The van der Waals surface area contributed by atoms with Gasteiger partial charge in [0.2, 0.25) is 5.95 Å². The molecule has 0 atom stereocenters. The van der Waals surface area contributed by atoms with Gasteiger partial charge < -0.3 is 4.98 Å². The Labute approximate surface area is 109 Å². The van der Waals surface area contributed by atoms with Crippen molar-refractivity contribution in [2.45, 2.75) is 39.4 Å². The number of rotatable bonds is 6. The number of aromatic nitrogens is 4. The molecule has 0 aliphatic heterocycles. The number of halogens is 1. The fraction of sp³-hybridized carbons (Fsp3) is 0.545. The molecule has 0 radical (unpaired) electrons. The summed E-state index contributed by atoms with van der Waals surface area (Å²) < 4.78 is 14.3. The van der Waals surface area contributed by atoms with Crippen LogP contribution in [0, 0.1) is 0 Å². The van der Waals surface area contributed by atoms with E-state index >= 15 is 0 Å². The van der Waals surface area contributed by atoms with Gasteiger partial charge in [0.25, 0.3) is 0 Å². The highest BCUT2D eigenvalue weighted by atomic mass is 19.1. The van der Waals surface area contributed by atoms with Crippen LogP contribution in [0.1, 0.15) is 32.0 Å². The van der Waals surface area contributed by atoms with Crippen LogP contribution in [0.5, 0.6) is 0 Å². The van der Waals surface area contributed by atoms with Crippen molar-refractivity contribution < 1.29 is 4.39 Å². The van der Waals surface area contributed by atoms with Crippen molar-refractivity contribution in [3.8, 4) is 0 Å². The van der Waals surface area contributed by atoms with Crippen LogP contribution in [0.2, 0.25) is 0 Å². The predicted octanol–water partition coefficient (Wildman–Crippen LogP) is 1.06. The summed E-state index contributed by atoms with van der Waals surface area (Å²) in [7, 11) is 0. The van der Waals surface area contributed by atoms with Gasteiger partial charge in [-0.25, -0.2) is 15.2 Å². The smallest absolute Gasteiger partial charge is 0.300 e. The maximum atomic E-state index is 12.7. The zero-order valence-electron chi connectivity index (χ0n) is 10.7. The first-order valence-corrected chi connectivity index (χ1v) is 6.23. The van der Waals surface area contributed by atoms with E-state index in [0.717, 1.165) is 19.3 Å². The number of aryl methyl sites for hydroxylation is 1. The summed E-state index contributed by atoms with van der Waals surface area (Å²) in [5, 5.41) is 0. The van der Waals surface area contributed by atoms with Crippen LogP contribution in [0.4, 0.5) is 10.3 Å². The van der Waals surface area contributed by atoms with Gasteiger partial charge in [-0.15, -0.1) is 0 Å². The number of hydrogen-bond acceptors (Lipinski definition) is 5. The lowest BCUT2D eigenvalue weighted by Crippen LogP contribution is -2.22. The monoisotopic (exact) mass is 268 g/mol. The Morgan fingerprint density at radius 2 is 2.21 bits per heavy atom. The lowest BCUT2D eigenvalue weighted by atomic mass is 10.2. The summed E-state index contributed by atoms with van der Waals surface area (Å²) in [4.78, 5) is 22.3. The predicted molar refractivity (Wildman–Crippen MR) is 70.3 cm³/mol. The molecule has 0 aliphatic carbocycles. The van der Waals surface area contributed by atoms with Gasteiger partial charge in [0.05, 0.1) is 0 Å². The lowest BCUT2D eigenvalue weighted by molar-refractivity contribution is 0.469. The number of anilines is 1. The molecule has 104 valence electrons. The maximum absolute atomic E-state index is 12.7. The molecule has 0 aromatic carbocycles. The van der Waals surface area contributed by atoms with Crippen molar-refractivity contribution in [3.63, 3.8) is 0 Å². The molecule has 8 heteroatoms. The van der Waals surface area contributed by atoms with Crippen LogP contribution < -0.4 is 16.8 Å². The van der Waals surface area contributed by atoms with Crippen molar-refractivity contribution in [3.05, 3.63) is 16.2 Å². The maximum Gasteiger partial charge on any atom is 0.300 e. The van der Waals surface area contributed by atoms with Crippen molar-refractivity contribution in [2.75, 3.05) is 5.43 Å². The van der Waals surface area contributed by atoms with E-state index in [2.05, 4.69) is 27.3 Å². The third-order valence-corrected chi connectivity index (χ3v) is 2.91. The minimum atomic E-state index is -0.755. The molecule has 7 nitrogen and oxygen atoms in total. The zero-order chi connectivity index (χ0) is 13.8. The Bertz CT molecular complexity index is 619. The highest BCUT2D eigenvalue weighted by Gasteiger charge is 2.14. The number of nitrogens with two attached hydrogens (primary N) is 1. The molecule has 19 heavy (non-hydrogen) atoms. The Morgan fingerprint density at radius 1 is 1.42 bits per heavy atom. The molecular weight excluding hydrogens is 251 g/mol. The number of alkyl halides is 1. The molecule has 0 unspecified atom stereocenters. The fourth-order valence-electron chi connectivity index (χ4n) is 1.97. The molecule has 0 saturated heterocycles. The van der Waals surface area contributed by atoms with Gasteiger partial charge in [0.15, 0.2) is 11.2 Å². The zero-order valence-corrected chi connectivity index (χ0v) is 10.7. The van der Waals surface area contributed by atoms with Crippen molar-refractivity contribution in [2.24, 2.45) is 5.84 Å². The number of unbranched alkanes of at least 4 members (excludes halogenated alkanes) is 2. The largest absolute Gasteiger partial charge is 0.334 e. The number of imidazole rings is 1. The molecule has 0 bridgehead atoms. The van der Waals surface area contributed by atoms with Gasteiger partial charge in [-0.2, -0.15) is 4.98 Å². The van der Waals surface area contributed by atoms with Crippen LogP contribution >= 0.6 is 0 Å². The van der Waals surface area contributed by atoms with Crippen LogP contribution in [0.3, 0.4) is 0 Å². The van der Waals surface area contributed by atoms with E-state index in [-0.39, 0.29) is 17.3 Å². The third-order valence-electron chi connectivity index (χ3n) is 2.91. The highest BCUT2D eigenvalue weighted by Crippen LogP contribution is 2.14. The number of aromatic amines is 1. The molecule has 0 fully saturated rings. The minimum Gasteiger partial charge on any atom is -0.334 e. The van der Waals surface area contributed by atoms with Gasteiger partial charge in [-0.1, -0.05) is 19.8 Å². The van der Waals surface area contributed by atoms with Gasteiger partial charge in [0, 0.05) is 6.54 Å². The summed E-state index contributed by atoms with van der Waals surface area (Å²) in [5.41, 5.74) is 2.49. The van der Waals surface area contributed by atoms with Crippen molar-refractivity contribution in [1.82, 2.24) is 19.5 Å². The van der Waals surface area contributed by atoms with E-state index in [1.54, 1.807) is 4.57 Å². The molecule has 0 aliphatic rings. The van der Waals surface area contributed by atoms with Gasteiger partial charge in [-0.05, 0) is 6.42 Å². The second-order valence-electron chi connectivity index (χ2n) is 4.26. The first kappa shape index (κ1) is 13.5. The average Bonchev–Trinajstić information content (AvgIpc) is 2.86. The topological polar surface area (TPSA) is 102 Å². The SMILES string of the molecule is CCCCCn1c(NN)nc(=O)c2[nH]c(CF)nc21. The summed E-state index contributed by atoms with van der Waals surface area (Å²) in [6.45, 7) is 1.96. The molecule has 0 amide bonds. The van der Waals surface area contributed by atoms with E-state index in [0.29, 0.717) is 12.2 Å². The third kappa shape index (κ3) is 2.58. The summed E-state index contributed by atoms with van der Waals surface area (Å²) in [5.74, 6) is 5.73. The van der Waals surface area contributed by atoms with Gasteiger partial charge in [0.1, 0.15) is 12.5 Å². The second kappa shape index (κ2) is 5.79. The van der Waals surface area contributed by atoms with Crippen LogP contribution in [-0.2, 0) is 13.2 Å². The first-order chi connectivity index (χ1) is 9.21. The van der Waals surface area contributed by atoms with E-state index in [1.807, 2.05) is 0 Å². The Hall–Kier alpha value is -1.96. The number of nitrogen functional groups attached to an aromatic ring is 1.